The SMILES string of the molecule is CN(C)c1nc2ccc(-c3cn(COCC[Si](C)(C)C)c4nc(N5C6CCC5CC(NC(=O)OC(C)(C)C)C6)cnc34)c(Cl)c2s1. The molecule has 2 aliphatic heterocycles. The number of nitrogens with one attached hydrogen (secondary N) is 1. The molecule has 4 aromatic rings. The Labute approximate surface area is 281 Å². The van der Waals surface area contributed by atoms with Crippen LogP contribution in [0.4, 0.5) is 15.7 Å². The summed E-state index contributed by atoms with van der Waals surface area (Å²) < 4.78 is 14.8. The Morgan fingerprint density at radius 1 is 1.13 bits per heavy atom. The molecule has 10 nitrogen and oxygen atoms in total. The molecule has 46 heavy (non-hydrogen) atoms. The molecular weight excluding hydrogens is 638 g/mol. The fourth-order valence-electron chi connectivity index (χ4n) is 6.49. The van der Waals surface area contributed by atoms with E-state index in [0.717, 1.165) is 75.2 Å². The molecular formula is C33H46ClN7O3SSi. The molecule has 2 saturated heterocycles. The fraction of sp³-hybridized carbons (Fsp3) is 0.576. The minimum Gasteiger partial charge on any atom is -0.444 e. The van der Waals surface area contributed by atoms with E-state index >= 15 is 0 Å². The first-order chi connectivity index (χ1) is 21.7. The third kappa shape index (κ3) is 7.00. The van der Waals surface area contributed by atoms with E-state index in [-0.39, 0.29) is 24.2 Å². The summed E-state index contributed by atoms with van der Waals surface area (Å²) >= 11 is 8.67. The zero-order valence-electron chi connectivity index (χ0n) is 28.2. The van der Waals surface area contributed by atoms with Crippen LogP contribution in [0.5, 0.6) is 0 Å². The van der Waals surface area contributed by atoms with Gasteiger partial charge >= 0.3 is 6.09 Å². The van der Waals surface area contributed by atoms with E-state index < -0.39 is 13.7 Å². The van der Waals surface area contributed by atoms with Crippen molar-refractivity contribution in [1.82, 2.24) is 24.8 Å². The normalized spacial score (nSPS) is 20.1. The van der Waals surface area contributed by atoms with Gasteiger partial charge in [-0.2, -0.15) is 0 Å². The largest absolute Gasteiger partial charge is 0.444 e. The highest BCUT2D eigenvalue weighted by Gasteiger charge is 2.42. The van der Waals surface area contributed by atoms with Gasteiger partial charge in [-0.15, -0.1) is 0 Å². The molecule has 0 spiro atoms. The molecule has 13 heteroatoms. The van der Waals surface area contributed by atoms with Crippen molar-refractivity contribution in [3.05, 3.63) is 29.5 Å². The second kappa shape index (κ2) is 12.6. The van der Waals surface area contributed by atoms with Crippen molar-refractivity contribution in [3.63, 3.8) is 0 Å². The summed E-state index contributed by atoms with van der Waals surface area (Å²) in [5, 5.41) is 4.70. The highest BCUT2D eigenvalue weighted by atomic mass is 35.5. The molecule has 2 unspecified atom stereocenters. The number of piperidine rings is 1. The lowest BCUT2D eigenvalue weighted by atomic mass is 9.97. The average molecular weight is 684 g/mol. The van der Waals surface area contributed by atoms with E-state index in [1.807, 2.05) is 58.1 Å². The lowest BCUT2D eigenvalue weighted by Gasteiger charge is -2.39. The molecule has 2 bridgehead atoms. The number of alkyl carbamates (subject to hydrolysis) is 1. The van der Waals surface area contributed by atoms with Gasteiger partial charge in [-0.1, -0.05) is 48.6 Å². The molecule has 6 rings (SSSR count). The van der Waals surface area contributed by atoms with Crippen LogP contribution in [0.3, 0.4) is 0 Å². The standard InChI is InChI=1S/C33H46ClN7O3SSi/c1-33(2,3)44-32(42)36-20-15-21-9-10-22(16-20)41(21)26-17-35-28-24(18-40(30(28)38-26)19-43-13-14-46(6,7)8)23-11-12-25-29(27(23)34)45-31(37-25)39(4)5/h11-12,17-18,20-22H,9-10,13-16,19H2,1-8H3,(H,36,42). The van der Waals surface area contributed by atoms with Crippen LogP contribution in [0, 0.1) is 0 Å². The van der Waals surface area contributed by atoms with Gasteiger partial charge < -0.3 is 29.2 Å². The summed E-state index contributed by atoms with van der Waals surface area (Å²) in [6.07, 6.45) is 7.44. The molecule has 0 saturated carbocycles. The van der Waals surface area contributed by atoms with Crippen LogP contribution in [-0.4, -0.2) is 78.1 Å². The third-order valence-corrected chi connectivity index (χ3v) is 12.1. The highest BCUT2D eigenvalue weighted by molar-refractivity contribution is 7.22. The first kappa shape index (κ1) is 33.0. The van der Waals surface area contributed by atoms with Gasteiger partial charge in [0.15, 0.2) is 10.8 Å². The van der Waals surface area contributed by atoms with E-state index in [0.29, 0.717) is 18.4 Å². The summed E-state index contributed by atoms with van der Waals surface area (Å²) in [5.41, 5.74) is 3.78. The zero-order chi connectivity index (χ0) is 33.0. The van der Waals surface area contributed by atoms with Crippen molar-refractivity contribution in [2.45, 2.75) is 103 Å². The van der Waals surface area contributed by atoms with Gasteiger partial charge in [0.05, 0.1) is 21.4 Å². The Bertz CT molecular complexity index is 1730. The number of thiazole rings is 1. The van der Waals surface area contributed by atoms with Crippen LogP contribution < -0.4 is 15.1 Å². The van der Waals surface area contributed by atoms with Crippen LogP contribution in [-0.2, 0) is 16.2 Å². The number of hydrogen-bond acceptors (Lipinski definition) is 9. The predicted octanol–water partition coefficient (Wildman–Crippen LogP) is 7.76. The molecule has 2 aliphatic rings. The maximum absolute atomic E-state index is 12.5. The second-order valence-corrected chi connectivity index (χ2v) is 22.0. The average Bonchev–Trinajstić information content (AvgIpc) is 3.62. The lowest BCUT2D eigenvalue weighted by molar-refractivity contribution is 0.0492. The Hall–Kier alpha value is -2.93. The Kier molecular flexibility index (Phi) is 9.03. The molecule has 5 heterocycles. The van der Waals surface area contributed by atoms with Gasteiger partial charge in [-0.3, -0.25) is 0 Å². The van der Waals surface area contributed by atoms with E-state index in [1.54, 1.807) is 11.3 Å². The smallest absolute Gasteiger partial charge is 0.407 e. The Balaban J connectivity index is 1.32. The van der Waals surface area contributed by atoms with Gasteiger partial charge in [0.25, 0.3) is 0 Å². The van der Waals surface area contributed by atoms with Crippen LogP contribution in [0.2, 0.25) is 30.7 Å². The Morgan fingerprint density at radius 2 is 1.85 bits per heavy atom. The quantitative estimate of drug-likeness (QED) is 0.141. The number of halogens is 1. The van der Waals surface area contributed by atoms with Crippen molar-refractivity contribution < 1.29 is 14.3 Å². The molecule has 1 N–H and O–H groups in total. The molecule has 2 fully saturated rings. The van der Waals surface area contributed by atoms with Gasteiger partial charge in [0.2, 0.25) is 0 Å². The molecule has 1 amide bonds. The molecule has 0 radical (unpaired) electrons. The zero-order valence-corrected chi connectivity index (χ0v) is 30.8. The number of amides is 1. The number of nitrogens with zero attached hydrogens (tertiary/aromatic N) is 6. The lowest BCUT2D eigenvalue weighted by Crippen LogP contribution is -2.51. The number of carbonyl (C=O) groups is 1. The van der Waals surface area contributed by atoms with Crippen LogP contribution in [0.1, 0.15) is 46.5 Å². The van der Waals surface area contributed by atoms with Crippen molar-refractivity contribution >= 4 is 69.4 Å². The van der Waals surface area contributed by atoms with Gasteiger partial charge in [0, 0.05) is 64.2 Å². The molecule has 1 aromatic carbocycles. The van der Waals surface area contributed by atoms with Gasteiger partial charge in [-0.05, 0) is 58.6 Å². The van der Waals surface area contributed by atoms with Crippen LogP contribution in [0.15, 0.2) is 24.5 Å². The van der Waals surface area contributed by atoms with Crippen molar-refractivity contribution in [2.75, 3.05) is 30.5 Å². The number of anilines is 2. The van der Waals surface area contributed by atoms with Crippen LogP contribution in [0.25, 0.3) is 32.5 Å². The maximum atomic E-state index is 12.5. The van der Waals surface area contributed by atoms with Crippen molar-refractivity contribution in [2.24, 2.45) is 0 Å². The number of rotatable bonds is 9. The monoisotopic (exact) mass is 683 g/mol. The number of fused-ring (bicyclic) bond motifs is 4. The third-order valence-electron chi connectivity index (χ3n) is 8.66. The van der Waals surface area contributed by atoms with E-state index in [9.17, 15) is 4.79 Å². The van der Waals surface area contributed by atoms with E-state index in [1.165, 1.54) is 0 Å². The number of hydrogen-bond donors (Lipinski definition) is 1. The first-order valence-electron chi connectivity index (χ1n) is 16.1. The summed E-state index contributed by atoms with van der Waals surface area (Å²) in [7, 11) is 2.74. The minimum absolute atomic E-state index is 0.0762. The van der Waals surface area contributed by atoms with Gasteiger partial charge in [-0.25, -0.2) is 19.7 Å². The van der Waals surface area contributed by atoms with E-state index in [2.05, 4.69) is 40.6 Å². The highest BCUT2D eigenvalue weighted by Crippen LogP contribution is 2.43. The Morgan fingerprint density at radius 3 is 2.50 bits per heavy atom. The molecule has 3 aromatic heterocycles. The summed E-state index contributed by atoms with van der Waals surface area (Å²) in [6.45, 7) is 13.8. The number of carbonyl (C=O) groups excluding carboxylic acids is 1. The summed E-state index contributed by atoms with van der Waals surface area (Å²) in [6, 6.07) is 5.78. The van der Waals surface area contributed by atoms with Crippen molar-refractivity contribution in [3.8, 4) is 11.1 Å². The fourth-order valence-corrected chi connectivity index (χ4v) is 8.55. The maximum Gasteiger partial charge on any atom is 0.407 e. The summed E-state index contributed by atoms with van der Waals surface area (Å²) in [5.74, 6) is 0.864. The predicted molar refractivity (Wildman–Crippen MR) is 191 cm³/mol. The van der Waals surface area contributed by atoms with Crippen LogP contribution >= 0.6 is 22.9 Å². The second-order valence-electron chi connectivity index (χ2n) is 15.0. The minimum atomic E-state index is -1.23. The summed E-state index contributed by atoms with van der Waals surface area (Å²) in [4.78, 5) is 32.0. The number of ether oxygens (including phenoxy) is 2. The number of aromatic nitrogens is 4. The molecule has 2 atom stereocenters. The van der Waals surface area contributed by atoms with Crippen molar-refractivity contribution in [1.29, 1.82) is 0 Å². The van der Waals surface area contributed by atoms with Gasteiger partial charge in [0.1, 0.15) is 23.7 Å². The molecule has 0 aliphatic carbocycles. The topological polar surface area (TPSA) is 97.6 Å². The number of benzene rings is 1. The van der Waals surface area contributed by atoms with E-state index in [4.69, 9.17) is 36.0 Å². The molecule has 248 valence electrons. The first-order valence-corrected chi connectivity index (χ1v) is 21.1.